The maximum absolute atomic E-state index is 15.9. The Balaban J connectivity index is 1.16. The first-order valence-corrected chi connectivity index (χ1v) is 38.6. The lowest BCUT2D eigenvalue weighted by Crippen LogP contribution is -2.65. The zero-order valence-electron chi connectivity index (χ0n) is 62.8. The number of morpholine rings is 1. The SMILES string of the molecule is CC[C@H](C)[C@@H]1NC(=O)[C@H](CC)N(C)C(=O)C[C@@H](C(=O)N2C3CCC2COC3)N(C)C(=O)[C@H](C2CCCCC2)N(C)C(=O)C2(CCCC2)NC(=O)[C@@H]2CCCN2C(=O)[C@H](CCC2CCC(C(F)(F)F)C(Cl)C2)NC(=O)CN(C)C(=O)[C@H](CC2CCC(C(F)(F)F)CC2)N(C)C(=O)CN(C)C(=O)CN(C)C1=O. The molecule has 2 bridgehead atoms. The first-order valence-electron chi connectivity index (χ1n) is 38.1. The van der Waals surface area contributed by atoms with Crippen LogP contribution in [0.2, 0.25) is 0 Å². The van der Waals surface area contributed by atoms with Crippen LogP contribution in [0.3, 0.4) is 0 Å². The molecule has 592 valence electrons. The third-order valence-electron chi connectivity index (χ3n) is 24.6. The maximum Gasteiger partial charge on any atom is 0.393 e. The van der Waals surface area contributed by atoms with Crippen LogP contribution in [-0.2, 0) is 62.3 Å². The molecule has 105 heavy (non-hydrogen) atoms. The summed E-state index contributed by atoms with van der Waals surface area (Å²) in [6.07, 6.45) is -3.85. The van der Waals surface area contributed by atoms with Gasteiger partial charge < -0.3 is 64.8 Å². The Bertz CT molecular complexity index is 3120. The molecule has 4 saturated heterocycles. The standard InChI is InChI=1S/C73H113ClF6N12O13/c1-11-43(3)61-68(102)86(6)39-59(95)84(4)40-60(96)88(8)55(36-45-22-26-47(27-23-45)72(75,76)77)66(100)85(5)38-57(93)81-52(31-25-44-24-30-50(51(74)35-44)73(78,79)80)65(99)91-34-18-21-54(91)64(98)83-71(32-16-17-33-71)70(104)90(10)62(46-19-14-13-15-20-46)69(103)89(9)56(37-58(94)87(7)53(12-2)63(97)82-61)67(101)92-48-28-29-49(92)42-105-41-48/h43-56,61-62H,11-42H2,1-10H3,(H,81,93)(H,82,97)(H,83,98)/t43-,44?,45?,47?,48?,49?,50?,51?,52-,53-,54-,55-,56-,61-,62-/m0/s1. The zero-order chi connectivity index (χ0) is 77.3. The average Bonchev–Trinajstić information content (AvgIpc) is 1.70. The van der Waals surface area contributed by atoms with Crippen molar-refractivity contribution in [2.45, 2.75) is 265 Å². The van der Waals surface area contributed by atoms with Gasteiger partial charge in [0.05, 0.1) is 63.2 Å². The molecule has 1 spiro atoms. The Kier molecular flexibility index (Phi) is 28.9. The minimum absolute atomic E-state index is 0.00519. The van der Waals surface area contributed by atoms with Crippen LogP contribution in [0.4, 0.5) is 26.3 Å². The third-order valence-corrected chi connectivity index (χ3v) is 25.0. The number of amides is 12. The van der Waals surface area contributed by atoms with Gasteiger partial charge in [0, 0.05) is 61.3 Å². The second-order valence-electron chi connectivity index (χ2n) is 31.6. The van der Waals surface area contributed by atoms with Crippen LogP contribution < -0.4 is 16.0 Å². The molecule has 4 aliphatic carbocycles. The van der Waals surface area contributed by atoms with Gasteiger partial charge in [-0.2, -0.15) is 26.3 Å². The Morgan fingerprint density at radius 2 is 1.19 bits per heavy atom. The van der Waals surface area contributed by atoms with E-state index < -0.39 is 198 Å². The Morgan fingerprint density at radius 3 is 1.78 bits per heavy atom. The lowest BCUT2D eigenvalue weighted by atomic mass is 9.78. The molecule has 8 fully saturated rings. The molecule has 4 aliphatic heterocycles. The van der Waals surface area contributed by atoms with Gasteiger partial charge in [0.1, 0.15) is 47.8 Å². The fourth-order valence-corrected chi connectivity index (χ4v) is 18.2. The van der Waals surface area contributed by atoms with Gasteiger partial charge >= 0.3 is 12.4 Å². The van der Waals surface area contributed by atoms with Crippen molar-refractivity contribution in [1.82, 2.24) is 60.0 Å². The quantitative estimate of drug-likeness (QED) is 0.167. The van der Waals surface area contributed by atoms with Crippen LogP contribution in [0.1, 0.15) is 188 Å². The summed E-state index contributed by atoms with van der Waals surface area (Å²) in [5, 5.41) is 7.37. The summed E-state index contributed by atoms with van der Waals surface area (Å²) in [5.41, 5.74) is -1.61. The summed E-state index contributed by atoms with van der Waals surface area (Å²) in [5.74, 6) is -13.8. The second kappa shape index (κ2) is 36.1. The number of hydrogen-bond donors (Lipinski definition) is 3. The Labute approximate surface area is 618 Å². The summed E-state index contributed by atoms with van der Waals surface area (Å²) in [7, 11) is 9.48. The van der Waals surface area contributed by atoms with E-state index in [9.17, 15) is 55.1 Å². The number of ether oxygens (including phenoxy) is 1. The first-order chi connectivity index (χ1) is 49.4. The number of nitrogens with one attached hydrogen (secondary N) is 3. The van der Waals surface area contributed by atoms with E-state index in [1.165, 1.54) is 68.9 Å². The summed E-state index contributed by atoms with van der Waals surface area (Å²) in [6, 6.07) is -9.98. The number of carbonyl (C=O) groups excluding carboxylic acids is 12. The van der Waals surface area contributed by atoms with Gasteiger partial charge in [-0.25, -0.2) is 0 Å². The predicted molar refractivity (Wildman–Crippen MR) is 374 cm³/mol. The van der Waals surface area contributed by atoms with E-state index in [-0.39, 0.29) is 122 Å². The van der Waals surface area contributed by atoms with Crippen LogP contribution >= 0.6 is 11.6 Å². The first kappa shape index (κ1) is 84.1. The average molecular weight is 1520 g/mol. The molecule has 5 unspecified atom stereocenters. The van der Waals surface area contributed by atoms with Gasteiger partial charge in [0.2, 0.25) is 70.9 Å². The number of likely N-dealkylation sites (N-methyl/N-ethyl adjacent to an activating group) is 7. The van der Waals surface area contributed by atoms with E-state index in [2.05, 4.69) is 16.0 Å². The molecule has 8 aliphatic rings. The lowest BCUT2D eigenvalue weighted by Gasteiger charge is -2.44. The van der Waals surface area contributed by atoms with Crippen molar-refractivity contribution in [3.63, 3.8) is 0 Å². The summed E-state index contributed by atoms with van der Waals surface area (Å²) in [6.45, 7) is 3.58. The van der Waals surface area contributed by atoms with E-state index >= 15 is 28.8 Å². The fraction of sp³-hybridized carbons (Fsp3) is 0.836. The normalized spacial score (nSPS) is 32.4. The summed E-state index contributed by atoms with van der Waals surface area (Å²) in [4.78, 5) is 191. The molecule has 0 aromatic carbocycles. The summed E-state index contributed by atoms with van der Waals surface area (Å²) < 4.78 is 89.8. The monoisotopic (exact) mass is 1510 g/mol. The number of rotatable bonds is 10. The van der Waals surface area contributed by atoms with E-state index in [0.29, 0.717) is 51.4 Å². The lowest BCUT2D eigenvalue weighted by molar-refractivity contribution is -0.184. The minimum Gasteiger partial charge on any atom is -0.377 e. The molecule has 0 radical (unpaired) electrons. The highest BCUT2D eigenvalue weighted by Gasteiger charge is 2.54. The number of nitrogens with zero attached hydrogens (tertiary/aromatic N) is 9. The topological polar surface area (TPSA) is 279 Å². The highest BCUT2D eigenvalue weighted by Crippen LogP contribution is 2.45. The van der Waals surface area contributed by atoms with Crippen LogP contribution in [0.15, 0.2) is 0 Å². The third kappa shape index (κ3) is 20.1. The molecule has 4 saturated carbocycles. The van der Waals surface area contributed by atoms with Gasteiger partial charge in [-0.3, -0.25) is 57.5 Å². The van der Waals surface area contributed by atoms with Crippen LogP contribution in [-0.4, -0.2) is 281 Å². The highest BCUT2D eigenvalue weighted by molar-refractivity contribution is 6.21. The molecular formula is C73H113ClF6N12O13. The minimum atomic E-state index is -4.55. The number of carbonyl (C=O) groups is 12. The van der Waals surface area contributed by atoms with Crippen LogP contribution in [0.25, 0.3) is 0 Å². The Hall–Kier alpha value is -6.53. The fourth-order valence-electron chi connectivity index (χ4n) is 17.7. The smallest absolute Gasteiger partial charge is 0.377 e. The van der Waals surface area contributed by atoms with E-state index in [0.717, 1.165) is 38.9 Å². The van der Waals surface area contributed by atoms with Crippen molar-refractivity contribution < 1.29 is 88.6 Å². The second-order valence-corrected chi connectivity index (χ2v) is 32.1. The molecule has 0 aromatic heterocycles. The van der Waals surface area contributed by atoms with E-state index in [1.54, 1.807) is 25.7 Å². The molecule has 13 atom stereocenters. The highest BCUT2D eigenvalue weighted by atomic mass is 35.5. The van der Waals surface area contributed by atoms with Crippen LogP contribution in [0.5, 0.6) is 0 Å². The van der Waals surface area contributed by atoms with Gasteiger partial charge in [-0.15, -0.1) is 11.6 Å². The number of alkyl halides is 7. The molecule has 3 N–H and O–H groups in total. The van der Waals surface area contributed by atoms with Gasteiger partial charge in [0.25, 0.3) is 0 Å². The summed E-state index contributed by atoms with van der Waals surface area (Å²) >= 11 is 6.39. The Morgan fingerprint density at radius 1 is 0.590 bits per heavy atom. The van der Waals surface area contributed by atoms with Gasteiger partial charge in [-0.1, -0.05) is 59.3 Å². The zero-order valence-corrected chi connectivity index (χ0v) is 63.6. The number of halogens is 7. The molecule has 12 amide bonds. The van der Waals surface area contributed by atoms with Gasteiger partial charge in [-0.05, 0) is 146 Å². The number of fused-ring (bicyclic) bond motifs is 3. The molecule has 32 heteroatoms. The molecule has 8 rings (SSSR count). The van der Waals surface area contributed by atoms with E-state index in [4.69, 9.17) is 16.3 Å². The molecule has 25 nitrogen and oxygen atoms in total. The van der Waals surface area contributed by atoms with Gasteiger partial charge in [0.15, 0.2) is 0 Å². The largest absolute Gasteiger partial charge is 0.393 e. The van der Waals surface area contributed by atoms with Crippen molar-refractivity contribution in [2.75, 3.05) is 88.7 Å². The van der Waals surface area contributed by atoms with Crippen molar-refractivity contribution in [3.05, 3.63) is 0 Å². The van der Waals surface area contributed by atoms with Crippen molar-refractivity contribution in [3.8, 4) is 0 Å². The predicted octanol–water partition coefficient (Wildman–Crippen LogP) is 6.01. The van der Waals surface area contributed by atoms with Crippen molar-refractivity contribution in [2.24, 2.45) is 35.5 Å². The van der Waals surface area contributed by atoms with E-state index in [1.807, 2.05) is 0 Å². The molecule has 0 aromatic rings. The van der Waals surface area contributed by atoms with Crippen molar-refractivity contribution in [1.29, 1.82) is 0 Å². The van der Waals surface area contributed by atoms with Crippen molar-refractivity contribution >= 4 is 82.5 Å². The molecule has 4 heterocycles. The number of hydrogen-bond acceptors (Lipinski definition) is 13. The maximum atomic E-state index is 15.9. The molecular weight excluding hydrogens is 1400 g/mol. The van der Waals surface area contributed by atoms with Crippen LogP contribution in [0, 0.1) is 35.5 Å².